The van der Waals surface area contributed by atoms with Crippen molar-refractivity contribution in [3.8, 4) is 0 Å². The van der Waals surface area contributed by atoms with Crippen molar-refractivity contribution in [3.05, 3.63) is 36.3 Å². The van der Waals surface area contributed by atoms with Crippen molar-refractivity contribution in [3.63, 3.8) is 0 Å². The van der Waals surface area contributed by atoms with Crippen LogP contribution in [0.5, 0.6) is 0 Å². The fourth-order valence-electron chi connectivity index (χ4n) is 2.77. The lowest BCUT2D eigenvalue weighted by atomic mass is 9.94. The third-order valence-electron chi connectivity index (χ3n) is 4.17. The van der Waals surface area contributed by atoms with Crippen LogP contribution in [-0.4, -0.2) is 32.6 Å². The summed E-state index contributed by atoms with van der Waals surface area (Å²) in [4.78, 5) is 31.4. The maximum Gasteiger partial charge on any atom is 0.263 e. The second-order valence-corrected chi connectivity index (χ2v) is 5.77. The molecule has 0 fully saturated rings. The molecule has 23 heavy (non-hydrogen) atoms. The average molecular weight is 313 g/mol. The summed E-state index contributed by atoms with van der Waals surface area (Å²) in [7, 11) is 1.75. The zero-order valence-corrected chi connectivity index (χ0v) is 13.4. The molecular weight excluding hydrogens is 294 g/mol. The Kier molecular flexibility index (Phi) is 3.85. The Balaban J connectivity index is 2.10. The Morgan fingerprint density at radius 1 is 1.48 bits per heavy atom. The van der Waals surface area contributed by atoms with Gasteiger partial charge in [0.2, 0.25) is 5.91 Å². The van der Waals surface area contributed by atoms with E-state index in [1.807, 2.05) is 13.8 Å². The summed E-state index contributed by atoms with van der Waals surface area (Å²) in [6.07, 6.45) is 5.54. The van der Waals surface area contributed by atoms with E-state index in [2.05, 4.69) is 15.4 Å². The molecule has 3 rings (SSSR count). The van der Waals surface area contributed by atoms with E-state index in [1.54, 1.807) is 36.3 Å². The highest BCUT2D eigenvalue weighted by molar-refractivity contribution is 6.15. The van der Waals surface area contributed by atoms with Gasteiger partial charge in [-0.25, -0.2) is 4.98 Å². The van der Waals surface area contributed by atoms with Gasteiger partial charge in [-0.05, 0) is 18.1 Å². The minimum Gasteiger partial charge on any atom is -0.321 e. The number of aryl methyl sites for hydroxylation is 1. The summed E-state index contributed by atoms with van der Waals surface area (Å²) >= 11 is 0. The molecule has 2 aromatic rings. The van der Waals surface area contributed by atoms with Crippen molar-refractivity contribution in [1.82, 2.24) is 14.8 Å². The number of carbonyl (C=O) groups is 2. The van der Waals surface area contributed by atoms with Crippen molar-refractivity contribution in [2.24, 2.45) is 13.0 Å². The van der Waals surface area contributed by atoms with E-state index in [0.717, 1.165) is 6.42 Å². The van der Waals surface area contributed by atoms with E-state index in [0.29, 0.717) is 17.1 Å². The molecule has 2 atom stereocenters. The first kappa shape index (κ1) is 15.2. The molecule has 7 heteroatoms. The molecule has 1 aliphatic rings. The lowest BCUT2D eigenvalue weighted by Gasteiger charge is -2.37. The molecule has 0 radical (unpaired) electrons. The molecule has 1 aliphatic heterocycles. The van der Waals surface area contributed by atoms with Crippen LogP contribution in [0.4, 0.5) is 11.5 Å². The highest BCUT2D eigenvalue weighted by atomic mass is 16.2. The van der Waals surface area contributed by atoms with E-state index < -0.39 is 6.04 Å². The normalized spacial score (nSPS) is 18.3. The summed E-state index contributed by atoms with van der Waals surface area (Å²) in [6, 6.07) is 2.89. The molecule has 0 saturated carbocycles. The lowest BCUT2D eigenvalue weighted by molar-refractivity contribution is -0.118. The first-order valence-electron chi connectivity index (χ1n) is 7.61. The number of aromatic nitrogens is 3. The number of nitrogens with one attached hydrogen (secondary N) is 1. The third kappa shape index (κ3) is 2.58. The standard InChI is InChI=1S/C16H19N5O2/c1-4-10(2)13-15(22)19-12-6-5-7-17-14(12)21(13)16(23)11-8-18-20(3)9-11/h5-10,13H,4H2,1-3H3,(H,19,22). The van der Waals surface area contributed by atoms with Gasteiger partial charge in [0, 0.05) is 19.4 Å². The van der Waals surface area contributed by atoms with Crippen LogP contribution in [0.2, 0.25) is 0 Å². The number of hydrogen-bond donors (Lipinski definition) is 1. The predicted molar refractivity (Wildman–Crippen MR) is 86.1 cm³/mol. The van der Waals surface area contributed by atoms with Gasteiger partial charge < -0.3 is 5.32 Å². The van der Waals surface area contributed by atoms with Crippen LogP contribution >= 0.6 is 0 Å². The van der Waals surface area contributed by atoms with Crippen LogP contribution in [0.3, 0.4) is 0 Å². The molecule has 7 nitrogen and oxygen atoms in total. The minimum atomic E-state index is -0.588. The van der Waals surface area contributed by atoms with Gasteiger partial charge in [-0.3, -0.25) is 19.2 Å². The van der Waals surface area contributed by atoms with Crippen LogP contribution in [-0.2, 0) is 11.8 Å². The Bertz CT molecular complexity index is 754. The first-order valence-corrected chi connectivity index (χ1v) is 7.61. The van der Waals surface area contributed by atoms with Gasteiger partial charge in [0.15, 0.2) is 5.82 Å². The third-order valence-corrected chi connectivity index (χ3v) is 4.17. The van der Waals surface area contributed by atoms with Crippen molar-refractivity contribution in [2.75, 3.05) is 10.2 Å². The molecule has 0 spiro atoms. The zero-order valence-electron chi connectivity index (χ0n) is 13.4. The number of carbonyl (C=O) groups excluding carboxylic acids is 2. The largest absolute Gasteiger partial charge is 0.321 e. The average Bonchev–Trinajstić information content (AvgIpc) is 2.98. The molecule has 2 amide bonds. The van der Waals surface area contributed by atoms with E-state index in [1.165, 1.54) is 11.1 Å². The summed E-state index contributed by atoms with van der Waals surface area (Å²) in [5.41, 5.74) is 0.987. The SMILES string of the molecule is CCC(C)C1C(=O)Nc2cccnc2N1C(=O)c1cnn(C)c1. The maximum atomic E-state index is 13.0. The molecule has 0 aromatic carbocycles. The van der Waals surface area contributed by atoms with Crippen molar-refractivity contribution >= 4 is 23.3 Å². The van der Waals surface area contributed by atoms with Crippen LogP contribution in [0.25, 0.3) is 0 Å². The molecule has 0 saturated heterocycles. The van der Waals surface area contributed by atoms with Crippen LogP contribution in [0.1, 0.15) is 30.6 Å². The van der Waals surface area contributed by atoms with Gasteiger partial charge in [-0.2, -0.15) is 5.10 Å². The second kappa shape index (κ2) is 5.83. The summed E-state index contributed by atoms with van der Waals surface area (Å²) in [5.74, 6) is 0.0346. The number of anilines is 2. The van der Waals surface area contributed by atoms with Crippen molar-refractivity contribution in [2.45, 2.75) is 26.3 Å². The Morgan fingerprint density at radius 3 is 2.91 bits per heavy atom. The Morgan fingerprint density at radius 2 is 2.26 bits per heavy atom. The molecule has 2 unspecified atom stereocenters. The van der Waals surface area contributed by atoms with Gasteiger partial charge in [-0.1, -0.05) is 20.3 Å². The summed E-state index contributed by atoms with van der Waals surface area (Å²) in [6.45, 7) is 3.96. The molecular formula is C16H19N5O2. The van der Waals surface area contributed by atoms with Crippen LogP contribution < -0.4 is 10.2 Å². The highest BCUT2D eigenvalue weighted by Crippen LogP contribution is 2.34. The number of pyridine rings is 1. The smallest absolute Gasteiger partial charge is 0.263 e. The lowest BCUT2D eigenvalue weighted by Crippen LogP contribution is -2.54. The number of rotatable bonds is 3. The van der Waals surface area contributed by atoms with E-state index in [4.69, 9.17) is 0 Å². The van der Waals surface area contributed by atoms with Gasteiger partial charge >= 0.3 is 0 Å². The molecule has 0 aliphatic carbocycles. The second-order valence-electron chi connectivity index (χ2n) is 5.77. The van der Waals surface area contributed by atoms with E-state index >= 15 is 0 Å². The topological polar surface area (TPSA) is 80.1 Å². The molecule has 120 valence electrons. The minimum absolute atomic E-state index is 0.00535. The Hall–Kier alpha value is -2.70. The number of hydrogen-bond acceptors (Lipinski definition) is 4. The quantitative estimate of drug-likeness (QED) is 0.937. The van der Waals surface area contributed by atoms with Crippen LogP contribution in [0, 0.1) is 5.92 Å². The number of fused-ring (bicyclic) bond motifs is 1. The number of nitrogens with zero attached hydrogens (tertiary/aromatic N) is 4. The number of amides is 2. The highest BCUT2D eigenvalue weighted by Gasteiger charge is 2.41. The van der Waals surface area contributed by atoms with E-state index in [-0.39, 0.29) is 17.7 Å². The van der Waals surface area contributed by atoms with E-state index in [9.17, 15) is 9.59 Å². The van der Waals surface area contributed by atoms with Crippen LogP contribution in [0.15, 0.2) is 30.7 Å². The predicted octanol–water partition coefficient (Wildman–Crippen LogP) is 1.83. The van der Waals surface area contributed by atoms with Gasteiger partial charge in [-0.15, -0.1) is 0 Å². The van der Waals surface area contributed by atoms with Crippen molar-refractivity contribution in [1.29, 1.82) is 0 Å². The maximum absolute atomic E-state index is 13.0. The Labute approximate surface area is 134 Å². The summed E-state index contributed by atoms with van der Waals surface area (Å²) < 4.78 is 1.56. The molecule has 2 aromatic heterocycles. The zero-order chi connectivity index (χ0) is 16.6. The monoisotopic (exact) mass is 313 g/mol. The summed E-state index contributed by atoms with van der Waals surface area (Å²) in [5, 5.41) is 6.90. The molecule has 0 bridgehead atoms. The fraction of sp³-hybridized carbons (Fsp3) is 0.375. The molecule has 3 heterocycles. The van der Waals surface area contributed by atoms with Crippen molar-refractivity contribution < 1.29 is 9.59 Å². The van der Waals surface area contributed by atoms with Gasteiger partial charge in [0.1, 0.15) is 6.04 Å². The van der Waals surface area contributed by atoms with Gasteiger partial charge in [0.25, 0.3) is 5.91 Å². The van der Waals surface area contributed by atoms with Gasteiger partial charge in [0.05, 0.1) is 17.4 Å². The molecule has 1 N–H and O–H groups in total. The fourth-order valence-corrected chi connectivity index (χ4v) is 2.77. The first-order chi connectivity index (χ1) is 11.0.